The van der Waals surface area contributed by atoms with E-state index in [9.17, 15) is 8.42 Å². The van der Waals surface area contributed by atoms with Gasteiger partial charge in [0.25, 0.3) is 0 Å². The summed E-state index contributed by atoms with van der Waals surface area (Å²) in [6.07, 6.45) is 2.76. The van der Waals surface area contributed by atoms with Crippen molar-refractivity contribution in [3.8, 4) is 11.3 Å². The van der Waals surface area contributed by atoms with Crippen LogP contribution in [-0.4, -0.2) is 19.7 Å². The van der Waals surface area contributed by atoms with Gasteiger partial charge < -0.3 is 0 Å². The van der Waals surface area contributed by atoms with Crippen LogP contribution in [0.3, 0.4) is 0 Å². The number of anilines is 1. The van der Waals surface area contributed by atoms with Crippen LogP contribution >= 0.6 is 11.6 Å². The van der Waals surface area contributed by atoms with E-state index in [0.29, 0.717) is 16.4 Å². The van der Waals surface area contributed by atoms with Gasteiger partial charge in [-0.15, -0.1) is 0 Å². The van der Waals surface area contributed by atoms with E-state index in [0.717, 1.165) is 11.8 Å². The lowest BCUT2D eigenvalue weighted by molar-refractivity contribution is 0.607. The highest BCUT2D eigenvalue weighted by Gasteiger charge is 2.05. The van der Waals surface area contributed by atoms with E-state index in [1.165, 1.54) is 0 Å². The number of sulfonamides is 1. The second kappa shape index (κ2) is 4.96. The number of halogens is 1. The van der Waals surface area contributed by atoms with Crippen LogP contribution in [0.4, 0.5) is 5.69 Å². The van der Waals surface area contributed by atoms with E-state index < -0.39 is 10.0 Å². The molecule has 0 spiro atoms. The Balaban J connectivity index is 2.31. The maximum atomic E-state index is 11.1. The van der Waals surface area contributed by atoms with Gasteiger partial charge in [0.2, 0.25) is 10.0 Å². The number of aromatic nitrogens is 1. The highest BCUT2D eigenvalue weighted by Crippen LogP contribution is 2.26. The summed E-state index contributed by atoms with van der Waals surface area (Å²) in [6, 6.07) is 10.4. The predicted molar refractivity (Wildman–Crippen MR) is 73.1 cm³/mol. The first-order valence-electron chi connectivity index (χ1n) is 5.14. The summed E-state index contributed by atoms with van der Waals surface area (Å²) in [5.74, 6) is 0. The second-order valence-electron chi connectivity index (χ2n) is 3.79. The minimum atomic E-state index is -3.25. The fourth-order valence-corrected chi connectivity index (χ4v) is 2.30. The van der Waals surface area contributed by atoms with Crippen molar-refractivity contribution in [2.75, 3.05) is 11.0 Å². The van der Waals surface area contributed by atoms with E-state index in [4.69, 9.17) is 11.6 Å². The smallest absolute Gasteiger partial charge is 0.229 e. The van der Waals surface area contributed by atoms with Gasteiger partial charge in [-0.3, -0.25) is 9.71 Å². The summed E-state index contributed by atoms with van der Waals surface area (Å²) in [5.41, 5.74) is 2.01. The SMILES string of the molecule is CS(=O)(=O)Nc1ccc(-c2ncccc2Cl)cc1. The summed E-state index contributed by atoms with van der Waals surface area (Å²) >= 11 is 6.03. The molecule has 18 heavy (non-hydrogen) atoms. The highest BCUT2D eigenvalue weighted by molar-refractivity contribution is 7.92. The summed E-state index contributed by atoms with van der Waals surface area (Å²) < 4.78 is 24.5. The van der Waals surface area contributed by atoms with Crippen LogP contribution in [0.25, 0.3) is 11.3 Å². The number of nitrogens with zero attached hydrogens (tertiary/aromatic N) is 1. The summed E-state index contributed by atoms with van der Waals surface area (Å²) in [5, 5.41) is 0.557. The lowest BCUT2D eigenvalue weighted by Crippen LogP contribution is -2.09. The number of pyridine rings is 1. The Hall–Kier alpha value is -1.59. The lowest BCUT2D eigenvalue weighted by atomic mass is 10.1. The number of benzene rings is 1. The molecule has 0 atom stereocenters. The third-order valence-electron chi connectivity index (χ3n) is 2.22. The number of rotatable bonds is 3. The van der Waals surface area contributed by atoms with Gasteiger partial charge in [-0.05, 0) is 24.3 Å². The van der Waals surface area contributed by atoms with Gasteiger partial charge in [-0.25, -0.2) is 8.42 Å². The summed E-state index contributed by atoms with van der Waals surface area (Å²) in [4.78, 5) is 4.18. The topological polar surface area (TPSA) is 59.1 Å². The zero-order chi connectivity index (χ0) is 13.2. The monoisotopic (exact) mass is 282 g/mol. The van der Waals surface area contributed by atoms with Gasteiger partial charge in [0.15, 0.2) is 0 Å². The fourth-order valence-electron chi connectivity index (χ4n) is 1.51. The minimum Gasteiger partial charge on any atom is -0.284 e. The molecule has 1 N–H and O–H groups in total. The van der Waals surface area contributed by atoms with Gasteiger partial charge in [0, 0.05) is 17.4 Å². The molecule has 0 unspecified atom stereocenters. The summed E-state index contributed by atoms with van der Waals surface area (Å²) in [7, 11) is -3.25. The Morgan fingerprint density at radius 3 is 2.39 bits per heavy atom. The molecule has 94 valence electrons. The van der Waals surface area contributed by atoms with Gasteiger partial charge in [0.05, 0.1) is 17.0 Å². The molecular weight excluding hydrogens is 272 g/mol. The molecule has 1 aromatic heterocycles. The maximum Gasteiger partial charge on any atom is 0.229 e. The molecular formula is C12H11ClN2O2S. The molecule has 0 saturated carbocycles. The molecule has 1 aromatic carbocycles. The average molecular weight is 283 g/mol. The third-order valence-corrected chi connectivity index (χ3v) is 3.13. The molecule has 0 aliphatic heterocycles. The fraction of sp³-hybridized carbons (Fsp3) is 0.0833. The first-order valence-corrected chi connectivity index (χ1v) is 7.41. The Morgan fingerprint density at radius 2 is 1.83 bits per heavy atom. The van der Waals surface area contributed by atoms with Crippen LogP contribution in [0.1, 0.15) is 0 Å². The first kappa shape index (κ1) is 12.9. The van der Waals surface area contributed by atoms with Crippen molar-refractivity contribution >= 4 is 27.3 Å². The third kappa shape index (κ3) is 3.21. The van der Waals surface area contributed by atoms with Gasteiger partial charge in [-0.1, -0.05) is 23.7 Å². The zero-order valence-corrected chi connectivity index (χ0v) is 11.2. The second-order valence-corrected chi connectivity index (χ2v) is 5.94. The molecule has 0 aliphatic rings. The number of hydrogen-bond acceptors (Lipinski definition) is 3. The Kier molecular flexibility index (Phi) is 3.54. The molecule has 0 radical (unpaired) electrons. The molecule has 0 aliphatic carbocycles. The van der Waals surface area contributed by atoms with Crippen LogP contribution in [0.2, 0.25) is 5.02 Å². The molecule has 0 bridgehead atoms. The molecule has 0 amide bonds. The Bertz CT molecular complexity index is 654. The van der Waals surface area contributed by atoms with Crippen molar-refractivity contribution in [2.45, 2.75) is 0 Å². The first-order chi connectivity index (χ1) is 8.46. The summed E-state index contributed by atoms with van der Waals surface area (Å²) in [6.45, 7) is 0. The average Bonchev–Trinajstić information content (AvgIpc) is 2.29. The molecule has 1 heterocycles. The lowest BCUT2D eigenvalue weighted by Gasteiger charge is -2.06. The Morgan fingerprint density at radius 1 is 1.17 bits per heavy atom. The molecule has 2 rings (SSSR count). The van der Waals surface area contributed by atoms with E-state index in [2.05, 4.69) is 9.71 Å². The quantitative estimate of drug-likeness (QED) is 0.942. The zero-order valence-electron chi connectivity index (χ0n) is 9.59. The van der Waals surface area contributed by atoms with Crippen molar-refractivity contribution < 1.29 is 8.42 Å². The Labute approximate surface area is 111 Å². The van der Waals surface area contributed by atoms with Crippen LogP contribution in [-0.2, 0) is 10.0 Å². The van der Waals surface area contributed by atoms with Crippen LogP contribution in [0.15, 0.2) is 42.6 Å². The molecule has 0 saturated heterocycles. The van der Waals surface area contributed by atoms with Crippen LogP contribution < -0.4 is 4.72 Å². The van der Waals surface area contributed by atoms with Gasteiger partial charge in [0.1, 0.15) is 0 Å². The van der Waals surface area contributed by atoms with Crippen LogP contribution in [0.5, 0.6) is 0 Å². The number of hydrogen-bond donors (Lipinski definition) is 1. The minimum absolute atomic E-state index is 0.508. The van der Waals surface area contributed by atoms with E-state index >= 15 is 0 Å². The standard InChI is InChI=1S/C12H11ClN2O2S/c1-18(16,17)15-10-6-4-9(5-7-10)12-11(13)3-2-8-14-12/h2-8,15H,1H3. The normalized spacial score (nSPS) is 11.2. The van der Waals surface area contributed by atoms with Gasteiger partial charge >= 0.3 is 0 Å². The van der Waals surface area contributed by atoms with Crippen molar-refractivity contribution in [3.63, 3.8) is 0 Å². The predicted octanol–water partition coefficient (Wildman–Crippen LogP) is 2.77. The molecule has 2 aromatic rings. The van der Waals surface area contributed by atoms with E-state index in [1.54, 1.807) is 42.6 Å². The largest absolute Gasteiger partial charge is 0.284 e. The van der Waals surface area contributed by atoms with Crippen molar-refractivity contribution in [3.05, 3.63) is 47.6 Å². The molecule has 0 fully saturated rings. The number of nitrogens with one attached hydrogen (secondary N) is 1. The molecule has 6 heteroatoms. The van der Waals surface area contributed by atoms with Gasteiger partial charge in [-0.2, -0.15) is 0 Å². The molecule has 4 nitrogen and oxygen atoms in total. The maximum absolute atomic E-state index is 11.1. The van der Waals surface area contributed by atoms with E-state index in [1.807, 2.05) is 0 Å². The van der Waals surface area contributed by atoms with Crippen molar-refractivity contribution in [1.29, 1.82) is 0 Å². The van der Waals surface area contributed by atoms with Crippen LogP contribution in [0, 0.1) is 0 Å². The van der Waals surface area contributed by atoms with E-state index in [-0.39, 0.29) is 0 Å². The van der Waals surface area contributed by atoms with Crippen molar-refractivity contribution in [2.24, 2.45) is 0 Å². The highest BCUT2D eigenvalue weighted by atomic mass is 35.5. The van der Waals surface area contributed by atoms with Crippen molar-refractivity contribution in [1.82, 2.24) is 4.98 Å².